The number of hydrogen-bond donors (Lipinski definition) is 1. The topological polar surface area (TPSA) is 29.1 Å². The number of carbonyl (C=O) groups excluding carboxylic acids is 1. The maximum atomic E-state index is 11.5. The molecule has 0 saturated carbocycles. The van der Waals surface area contributed by atoms with E-state index in [0.717, 1.165) is 25.8 Å². The van der Waals surface area contributed by atoms with Crippen molar-refractivity contribution in [3.8, 4) is 0 Å². The van der Waals surface area contributed by atoms with Crippen LogP contribution in [0.15, 0.2) is 30.3 Å². The second-order valence-electron chi connectivity index (χ2n) is 3.77. The average molecular weight is 189 g/mol. The molecular formula is C12H15NO. The Morgan fingerprint density at radius 1 is 1.29 bits per heavy atom. The second-order valence-corrected chi connectivity index (χ2v) is 3.77. The Balaban J connectivity index is 2.00. The minimum atomic E-state index is 0.0474. The number of carbonyl (C=O) groups is 1. The van der Waals surface area contributed by atoms with E-state index in [4.69, 9.17) is 0 Å². The zero-order chi connectivity index (χ0) is 9.80. The van der Waals surface area contributed by atoms with Gasteiger partial charge in [0, 0.05) is 6.42 Å². The lowest BCUT2D eigenvalue weighted by molar-refractivity contribution is -0.122. The normalized spacial score (nSPS) is 22.3. The molecule has 1 aliphatic rings. The summed E-state index contributed by atoms with van der Waals surface area (Å²) in [5, 5.41) is 3.27. The minimum Gasteiger partial charge on any atom is -0.307 e. The van der Waals surface area contributed by atoms with Crippen molar-refractivity contribution < 1.29 is 4.79 Å². The fraction of sp³-hybridized carbons (Fsp3) is 0.417. The van der Waals surface area contributed by atoms with Crippen molar-refractivity contribution in [3.05, 3.63) is 35.9 Å². The zero-order valence-electron chi connectivity index (χ0n) is 8.20. The van der Waals surface area contributed by atoms with E-state index < -0.39 is 0 Å². The number of nitrogens with one attached hydrogen (secondary N) is 1. The van der Waals surface area contributed by atoms with Crippen molar-refractivity contribution in [3.63, 3.8) is 0 Å². The predicted octanol–water partition coefficient (Wildman–Crippen LogP) is 1.55. The van der Waals surface area contributed by atoms with E-state index >= 15 is 0 Å². The zero-order valence-corrected chi connectivity index (χ0v) is 8.20. The van der Waals surface area contributed by atoms with Crippen LogP contribution >= 0.6 is 0 Å². The van der Waals surface area contributed by atoms with Gasteiger partial charge < -0.3 is 5.32 Å². The summed E-state index contributed by atoms with van der Waals surface area (Å²) < 4.78 is 0. The molecule has 1 saturated heterocycles. The van der Waals surface area contributed by atoms with Crippen molar-refractivity contribution in [1.82, 2.24) is 5.32 Å². The van der Waals surface area contributed by atoms with Gasteiger partial charge in [-0.2, -0.15) is 0 Å². The van der Waals surface area contributed by atoms with Crippen LogP contribution in [0, 0.1) is 0 Å². The molecule has 2 rings (SSSR count). The van der Waals surface area contributed by atoms with Crippen molar-refractivity contribution in [2.75, 3.05) is 6.54 Å². The summed E-state index contributed by atoms with van der Waals surface area (Å²) in [6.07, 6.45) is 2.56. The first-order valence-electron chi connectivity index (χ1n) is 5.16. The minimum absolute atomic E-state index is 0.0474. The third-order valence-corrected chi connectivity index (χ3v) is 2.66. The summed E-state index contributed by atoms with van der Waals surface area (Å²) in [5.41, 5.74) is 1.24. The van der Waals surface area contributed by atoms with Gasteiger partial charge in [0.25, 0.3) is 0 Å². The Kier molecular flexibility index (Phi) is 2.94. The Bertz CT molecular complexity index is 307. The van der Waals surface area contributed by atoms with Crippen molar-refractivity contribution in [1.29, 1.82) is 0 Å². The molecule has 74 valence electrons. The van der Waals surface area contributed by atoms with Crippen LogP contribution < -0.4 is 5.32 Å². The molecule has 2 nitrogen and oxygen atoms in total. The molecule has 0 spiro atoms. The maximum absolute atomic E-state index is 11.5. The van der Waals surface area contributed by atoms with Crippen LogP contribution in [0.3, 0.4) is 0 Å². The number of Topliss-reactive ketones (excluding diaryl/α,β-unsaturated/α-hetero) is 1. The summed E-state index contributed by atoms with van der Waals surface area (Å²) in [6.45, 7) is 0.975. The van der Waals surface area contributed by atoms with Crippen molar-refractivity contribution in [2.45, 2.75) is 25.3 Å². The molecule has 0 aromatic heterocycles. The molecule has 1 N–H and O–H groups in total. The van der Waals surface area contributed by atoms with E-state index in [0.29, 0.717) is 5.78 Å². The lowest BCUT2D eigenvalue weighted by atomic mass is 9.97. The van der Waals surface area contributed by atoms with E-state index in [1.807, 2.05) is 18.2 Å². The number of piperidine rings is 1. The first-order chi connectivity index (χ1) is 6.86. The van der Waals surface area contributed by atoms with Gasteiger partial charge in [0.05, 0.1) is 6.04 Å². The van der Waals surface area contributed by atoms with Crippen LogP contribution in [-0.2, 0) is 11.2 Å². The first kappa shape index (κ1) is 9.41. The molecule has 1 atom stereocenters. The molecule has 0 aliphatic carbocycles. The maximum Gasteiger partial charge on any atom is 0.150 e. The van der Waals surface area contributed by atoms with Gasteiger partial charge in [0.1, 0.15) is 5.78 Å². The highest BCUT2D eigenvalue weighted by atomic mass is 16.1. The summed E-state index contributed by atoms with van der Waals surface area (Å²) in [4.78, 5) is 11.5. The molecule has 0 unspecified atom stereocenters. The predicted molar refractivity (Wildman–Crippen MR) is 56.2 cm³/mol. The summed E-state index contributed by atoms with van der Waals surface area (Å²) >= 11 is 0. The fourth-order valence-electron chi connectivity index (χ4n) is 1.86. The molecule has 1 aromatic rings. The monoisotopic (exact) mass is 189 g/mol. The van der Waals surface area contributed by atoms with Crippen LogP contribution in [0.1, 0.15) is 18.4 Å². The third kappa shape index (κ3) is 2.20. The quantitative estimate of drug-likeness (QED) is 0.764. The van der Waals surface area contributed by atoms with Gasteiger partial charge in [-0.3, -0.25) is 4.79 Å². The van der Waals surface area contributed by atoms with Crippen LogP contribution in [0.5, 0.6) is 0 Å². The van der Waals surface area contributed by atoms with Crippen LogP contribution in [0.25, 0.3) is 0 Å². The van der Waals surface area contributed by atoms with Gasteiger partial charge in [0.2, 0.25) is 0 Å². The highest BCUT2D eigenvalue weighted by Gasteiger charge is 2.21. The standard InChI is InChI=1S/C12H15NO/c14-12-7-4-8-13-11(12)9-10-5-2-1-3-6-10/h1-3,5-6,11,13H,4,7-9H2/t11-/m0/s1. The molecule has 1 aliphatic heterocycles. The smallest absolute Gasteiger partial charge is 0.150 e. The molecule has 0 radical (unpaired) electrons. The number of ketones is 1. The Morgan fingerprint density at radius 3 is 2.79 bits per heavy atom. The molecular weight excluding hydrogens is 174 g/mol. The Hall–Kier alpha value is -1.15. The molecule has 0 bridgehead atoms. The number of benzene rings is 1. The lowest BCUT2D eigenvalue weighted by Gasteiger charge is -2.22. The van der Waals surface area contributed by atoms with Gasteiger partial charge in [-0.05, 0) is 24.9 Å². The molecule has 1 heterocycles. The Morgan fingerprint density at radius 2 is 2.07 bits per heavy atom. The number of hydrogen-bond acceptors (Lipinski definition) is 2. The van der Waals surface area contributed by atoms with Gasteiger partial charge in [0.15, 0.2) is 0 Å². The van der Waals surface area contributed by atoms with Crippen LogP contribution in [-0.4, -0.2) is 18.4 Å². The lowest BCUT2D eigenvalue weighted by Crippen LogP contribution is -2.43. The molecule has 0 amide bonds. The average Bonchev–Trinajstić information content (AvgIpc) is 2.23. The largest absolute Gasteiger partial charge is 0.307 e. The second kappa shape index (κ2) is 4.38. The summed E-state index contributed by atoms with van der Waals surface area (Å²) in [7, 11) is 0. The number of rotatable bonds is 2. The van der Waals surface area contributed by atoms with Gasteiger partial charge in [-0.1, -0.05) is 30.3 Å². The highest BCUT2D eigenvalue weighted by molar-refractivity contribution is 5.84. The van der Waals surface area contributed by atoms with Gasteiger partial charge >= 0.3 is 0 Å². The molecule has 14 heavy (non-hydrogen) atoms. The van der Waals surface area contributed by atoms with Crippen molar-refractivity contribution >= 4 is 5.78 Å². The van der Waals surface area contributed by atoms with Gasteiger partial charge in [-0.15, -0.1) is 0 Å². The molecule has 1 fully saturated rings. The first-order valence-corrected chi connectivity index (χ1v) is 5.16. The van der Waals surface area contributed by atoms with E-state index in [1.165, 1.54) is 5.56 Å². The molecule has 1 aromatic carbocycles. The summed E-state index contributed by atoms with van der Waals surface area (Å²) in [5.74, 6) is 0.361. The van der Waals surface area contributed by atoms with Crippen LogP contribution in [0.4, 0.5) is 0 Å². The van der Waals surface area contributed by atoms with Crippen LogP contribution in [0.2, 0.25) is 0 Å². The SMILES string of the molecule is O=C1CCCN[C@H]1Cc1ccccc1. The summed E-state index contributed by atoms with van der Waals surface area (Å²) in [6, 6.07) is 10.2. The van der Waals surface area contributed by atoms with E-state index in [2.05, 4.69) is 17.4 Å². The highest BCUT2D eigenvalue weighted by Crippen LogP contribution is 2.09. The molecule has 2 heteroatoms. The van der Waals surface area contributed by atoms with E-state index in [1.54, 1.807) is 0 Å². The van der Waals surface area contributed by atoms with Crippen molar-refractivity contribution in [2.24, 2.45) is 0 Å². The third-order valence-electron chi connectivity index (χ3n) is 2.66. The van der Waals surface area contributed by atoms with E-state index in [-0.39, 0.29) is 6.04 Å². The van der Waals surface area contributed by atoms with E-state index in [9.17, 15) is 4.79 Å². The Labute approximate surface area is 84.3 Å². The fourth-order valence-corrected chi connectivity index (χ4v) is 1.86. The van der Waals surface area contributed by atoms with Gasteiger partial charge in [-0.25, -0.2) is 0 Å².